The average molecular weight is 272 g/mol. The van der Waals surface area contributed by atoms with Crippen LogP contribution in [0.1, 0.15) is 25.3 Å². The molecule has 0 amide bonds. The molecule has 0 atom stereocenters. The molecule has 0 saturated carbocycles. The summed E-state index contributed by atoms with van der Waals surface area (Å²) in [5.41, 5.74) is 4.86. The summed E-state index contributed by atoms with van der Waals surface area (Å²) in [6.07, 6.45) is 13.5. The van der Waals surface area contributed by atoms with Crippen molar-refractivity contribution in [1.29, 1.82) is 0 Å². The number of benzene rings is 2. The standard InChI is InChI=1S/C21H20/c1-3-5-10-18(11-6-4-2)20-14-16-21(17-15-20)19-12-8-7-9-13-19/h1,6-17H,4-5H2,2H3/b11-6-,18-10+. The molecule has 0 unspecified atom stereocenters. The maximum absolute atomic E-state index is 5.36. The molecule has 0 heteroatoms. The van der Waals surface area contributed by atoms with E-state index in [1.54, 1.807) is 0 Å². The van der Waals surface area contributed by atoms with Crippen molar-refractivity contribution in [2.75, 3.05) is 0 Å². The van der Waals surface area contributed by atoms with E-state index in [-0.39, 0.29) is 0 Å². The van der Waals surface area contributed by atoms with Gasteiger partial charge in [-0.2, -0.15) is 0 Å². The van der Waals surface area contributed by atoms with Crippen LogP contribution in [0.15, 0.2) is 72.8 Å². The van der Waals surface area contributed by atoms with Crippen molar-refractivity contribution in [2.45, 2.75) is 19.8 Å². The van der Waals surface area contributed by atoms with Crippen molar-refractivity contribution in [2.24, 2.45) is 0 Å². The third-order valence-corrected chi connectivity index (χ3v) is 3.30. The molecule has 0 spiro atoms. The highest BCUT2D eigenvalue weighted by Gasteiger charge is 2.00. The average Bonchev–Trinajstić information content (AvgIpc) is 2.56. The lowest BCUT2D eigenvalue weighted by Gasteiger charge is -2.06. The first-order valence-corrected chi connectivity index (χ1v) is 7.31. The van der Waals surface area contributed by atoms with Gasteiger partial charge in [0.25, 0.3) is 0 Å². The van der Waals surface area contributed by atoms with Crippen LogP contribution in [0.2, 0.25) is 0 Å². The predicted molar refractivity (Wildman–Crippen MR) is 92.7 cm³/mol. The summed E-state index contributed by atoms with van der Waals surface area (Å²) in [7, 11) is 0. The Bertz CT molecular complexity index is 649. The van der Waals surface area contributed by atoms with E-state index < -0.39 is 0 Å². The fourth-order valence-corrected chi connectivity index (χ4v) is 2.18. The lowest BCUT2D eigenvalue weighted by molar-refractivity contribution is 1.22. The Labute approximate surface area is 127 Å². The topological polar surface area (TPSA) is 0 Å². The largest absolute Gasteiger partial charge is 0.120 e. The van der Waals surface area contributed by atoms with Gasteiger partial charge in [0, 0.05) is 6.42 Å². The molecule has 2 aromatic rings. The van der Waals surface area contributed by atoms with Gasteiger partial charge in [-0.15, -0.1) is 12.3 Å². The maximum atomic E-state index is 5.36. The van der Waals surface area contributed by atoms with Crippen molar-refractivity contribution in [3.63, 3.8) is 0 Å². The highest BCUT2D eigenvalue weighted by atomic mass is 14.0. The van der Waals surface area contributed by atoms with Gasteiger partial charge in [0.15, 0.2) is 0 Å². The van der Waals surface area contributed by atoms with Crippen LogP contribution in [0, 0.1) is 12.3 Å². The zero-order chi connectivity index (χ0) is 14.9. The summed E-state index contributed by atoms with van der Waals surface area (Å²) in [5.74, 6) is 2.67. The molecular weight excluding hydrogens is 252 g/mol. The predicted octanol–water partition coefficient (Wildman–Crippen LogP) is 5.73. The van der Waals surface area contributed by atoms with E-state index in [2.05, 4.69) is 79.6 Å². The first kappa shape index (κ1) is 14.9. The van der Waals surface area contributed by atoms with Crippen LogP contribution >= 0.6 is 0 Å². The molecule has 0 aromatic heterocycles. The molecule has 0 aliphatic rings. The zero-order valence-corrected chi connectivity index (χ0v) is 12.4. The number of terminal acetylenes is 1. The fraction of sp³-hybridized carbons (Fsp3) is 0.143. The quantitative estimate of drug-likeness (QED) is 0.482. The van der Waals surface area contributed by atoms with Crippen molar-refractivity contribution in [1.82, 2.24) is 0 Å². The van der Waals surface area contributed by atoms with Gasteiger partial charge in [-0.3, -0.25) is 0 Å². The second-order valence-corrected chi connectivity index (χ2v) is 4.82. The Kier molecular flexibility index (Phi) is 5.61. The Morgan fingerprint density at radius 1 is 1.00 bits per heavy atom. The molecule has 21 heavy (non-hydrogen) atoms. The molecular formula is C21H20. The van der Waals surface area contributed by atoms with Crippen LogP contribution in [0.3, 0.4) is 0 Å². The maximum Gasteiger partial charge on any atom is 0.0276 e. The van der Waals surface area contributed by atoms with Gasteiger partial charge in [0.1, 0.15) is 0 Å². The molecule has 0 fully saturated rings. The molecule has 0 bridgehead atoms. The summed E-state index contributed by atoms with van der Waals surface area (Å²) in [6.45, 7) is 2.13. The summed E-state index contributed by atoms with van der Waals surface area (Å²) >= 11 is 0. The van der Waals surface area contributed by atoms with E-state index >= 15 is 0 Å². The molecule has 0 nitrogen and oxygen atoms in total. The fourth-order valence-electron chi connectivity index (χ4n) is 2.18. The van der Waals surface area contributed by atoms with Gasteiger partial charge in [-0.25, -0.2) is 0 Å². The first-order chi connectivity index (χ1) is 10.3. The number of hydrogen-bond donors (Lipinski definition) is 0. The van der Waals surface area contributed by atoms with E-state index in [0.29, 0.717) is 6.42 Å². The Balaban J connectivity index is 2.28. The van der Waals surface area contributed by atoms with Crippen molar-refractivity contribution in [3.8, 4) is 23.5 Å². The van der Waals surface area contributed by atoms with E-state index in [4.69, 9.17) is 6.42 Å². The molecule has 0 radical (unpaired) electrons. The van der Waals surface area contributed by atoms with Gasteiger partial charge < -0.3 is 0 Å². The van der Waals surface area contributed by atoms with Gasteiger partial charge in [-0.1, -0.05) is 79.7 Å². The lowest BCUT2D eigenvalue weighted by Crippen LogP contribution is -1.83. The minimum atomic E-state index is 0.657. The molecule has 0 heterocycles. The molecule has 2 rings (SSSR count). The minimum Gasteiger partial charge on any atom is -0.120 e. The molecule has 2 aromatic carbocycles. The van der Waals surface area contributed by atoms with Crippen LogP contribution in [-0.4, -0.2) is 0 Å². The van der Waals surface area contributed by atoms with Gasteiger partial charge in [0.05, 0.1) is 0 Å². The minimum absolute atomic E-state index is 0.657. The number of hydrogen-bond acceptors (Lipinski definition) is 0. The Hall–Kier alpha value is -2.52. The smallest absolute Gasteiger partial charge is 0.0276 e. The zero-order valence-electron chi connectivity index (χ0n) is 12.4. The third kappa shape index (κ3) is 4.23. The van der Waals surface area contributed by atoms with Crippen molar-refractivity contribution >= 4 is 5.57 Å². The van der Waals surface area contributed by atoms with Gasteiger partial charge in [0.2, 0.25) is 0 Å². The molecule has 104 valence electrons. The van der Waals surface area contributed by atoms with Crippen LogP contribution in [-0.2, 0) is 0 Å². The monoisotopic (exact) mass is 272 g/mol. The van der Waals surface area contributed by atoms with E-state index in [9.17, 15) is 0 Å². The van der Waals surface area contributed by atoms with Crippen molar-refractivity contribution < 1.29 is 0 Å². The summed E-state index contributed by atoms with van der Waals surface area (Å²) < 4.78 is 0. The second kappa shape index (κ2) is 7.92. The van der Waals surface area contributed by atoms with E-state index in [0.717, 1.165) is 6.42 Å². The molecule has 0 saturated heterocycles. The van der Waals surface area contributed by atoms with E-state index in [1.165, 1.54) is 22.3 Å². The van der Waals surface area contributed by atoms with Crippen LogP contribution < -0.4 is 0 Å². The van der Waals surface area contributed by atoms with Gasteiger partial charge >= 0.3 is 0 Å². The SMILES string of the molecule is C#CC/C=C(\C=C/CC)c1ccc(-c2ccccc2)cc1. The second-order valence-electron chi connectivity index (χ2n) is 4.82. The Morgan fingerprint density at radius 3 is 2.29 bits per heavy atom. The lowest BCUT2D eigenvalue weighted by atomic mass is 9.99. The van der Waals surface area contributed by atoms with Gasteiger partial charge in [-0.05, 0) is 28.7 Å². The van der Waals surface area contributed by atoms with E-state index in [1.807, 2.05) is 6.07 Å². The Morgan fingerprint density at radius 2 is 1.67 bits per heavy atom. The molecule has 0 aliphatic carbocycles. The van der Waals surface area contributed by atoms with Crippen molar-refractivity contribution in [3.05, 3.63) is 78.4 Å². The highest BCUT2D eigenvalue weighted by molar-refractivity contribution is 5.76. The highest BCUT2D eigenvalue weighted by Crippen LogP contribution is 2.23. The summed E-state index contributed by atoms with van der Waals surface area (Å²) in [4.78, 5) is 0. The van der Waals surface area contributed by atoms with Crippen LogP contribution in [0.5, 0.6) is 0 Å². The van der Waals surface area contributed by atoms with Crippen LogP contribution in [0.4, 0.5) is 0 Å². The number of allylic oxidation sites excluding steroid dienone is 4. The first-order valence-electron chi connectivity index (χ1n) is 7.31. The molecule has 0 aliphatic heterocycles. The summed E-state index contributed by atoms with van der Waals surface area (Å²) in [5, 5.41) is 0. The summed E-state index contributed by atoms with van der Waals surface area (Å²) in [6, 6.07) is 19.0. The normalized spacial score (nSPS) is 11.5. The molecule has 0 N–H and O–H groups in total. The third-order valence-electron chi connectivity index (χ3n) is 3.30. The van der Waals surface area contributed by atoms with Crippen LogP contribution in [0.25, 0.3) is 16.7 Å². The number of rotatable bonds is 5.